The molecule has 0 spiro atoms. The van der Waals surface area contributed by atoms with E-state index in [1.807, 2.05) is 6.07 Å². The van der Waals surface area contributed by atoms with Crippen molar-refractivity contribution in [2.75, 3.05) is 14.2 Å². The number of methoxy groups -OCH3 is 2. The van der Waals surface area contributed by atoms with Crippen molar-refractivity contribution in [1.82, 2.24) is 15.5 Å². The summed E-state index contributed by atoms with van der Waals surface area (Å²) in [5.74, 6) is 1.08. The molecule has 4 rings (SSSR count). The Morgan fingerprint density at radius 1 is 1.09 bits per heavy atom. The average molecular weight is 475 g/mol. The van der Waals surface area contributed by atoms with Crippen LogP contribution in [0.2, 0.25) is 0 Å². The van der Waals surface area contributed by atoms with Gasteiger partial charge in [0.05, 0.1) is 20.3 Å². The lowest BCUT2D eigenvalue weighted by molar-refractivity contribution is 0.0923. The predicted molar refractivity (Wildman–Crippen MR) is 129 cm³/mol. The predicted octanol–water partition coefficient (Wildman–Crippen LogP) is 4.02. The van der Waals surface area contributed by atoms with Gasteiger partial charge in [-0.3, -0.25) is 9.78 Å². The van der Waals surface area contributed by atoms with Crippen LogP contribution in [0.25, 0.3) is 11.3 Å². The molecule has 0 aliphatic carbocycles. The first kappa shape index (κ1) is 23.8. The second kappa shape index (κ2) is 10.7. The molecular weight excluding hydrogens is 448 g/mol. The summed E-state index contributed by atoms with van der Waals surface area (Å²) in [6.45, 7) is 0. The Hall–Kier alpha value is -4.37. The quantitative estimate of drug-likeness (QED) is 0.331. The maximum Gasteiger partial charge on any atom is 0.273 e. The average Bonchev–Trinajstić information content (AvgIpc) is 3.39. The van der Waals surface area contributed by atoms with E-state index in [2.05, 4.69) is 15.5 Å². The zero-order chi connectivity index (χ0) is 24.8. The number of pyridine rings is 1. The van der Waals surface area contributed by atoms with Crippen LogP contribution in [-0.4, -0.2) is 35.4 Å². The highest BCUT2D eigenvalue weighted by Crippen LogP contribution is 2.33. The summed E-state index contributed by atoms with van der Waals surface area (Å²) in [7, 11) is 3.09. The zero-order valence-electron chi connectivity index (χ0n) is 19.3. The van der Waals surface area contributed by atoms with E-state index >= 15 is 0 Å². The molecule has 0 saturated carbocycles. The van der Waals surface area contributed by atoms with Crippen LogP contribution in [0, 0.1) is 0 Å². The van der Waals surface area contributed by atoms with Crippen molar-refractivity contribution >= 4 is 5.91 Å². The molecule has 0 fully saturated rings. The van der Waals surface area contributed by atoms with Crippen LogP contribution in [-0.2, 0) is 0 Å². The number of aromatic nitrogens is 2. The Labute approximate surface area is 202 Å². The van der Waals surface area contributed by atoms with Crippen molar-refractivity contribution in [3.05, 3.63) is 89.9 Å². The van der Waals surface area contributed by atoms with E-state index in [0.717, 1.165) is 5.56 Å². The van der Waals surface area contributed by atoms with Gasteiger partial charge in [-0.15, -0.1) is 0 Å². The summed E-state index contributed by atoms with van der Waals surface area (Å²) < 4.78 is 16.0. The molecule has 9 nitrogen and oxygen atoms in total. The standard InChI is InChI=1S/C26H26N4O5/c1-33-23-10-9-16(12-25(23)34-2)24-14-21(30-35-24)26(32)29-20(18-7-3-4-8-22(18)31)13-19(27)17-6-5-11-28-15-17/h3-12,14-15,19-20,31H,13,27H2,1-2H3,(H,29,32). The second-order valence-corrected chi connectivity index (χ2v) is 7.86. The van der Waals surface area contributed by atoms with E-state index in [1.165, 1.54) is 7.11 Å². The number of phenolic OH excluding ortho intramolecular Hbond substituents is 1. The Morgan fingerprint density at radius 2 is 1.89 bits per heavy atom. The van der Waals surface area contributed by atoms with Crippen molar-refractivity contribution in [3.8, 4) is 28.6 Å². The third-order valence-electron chi connectivity index (χ3n) is 5.63. The molecule has 9 heteroatoms. The molecule has 0 aliphatic rings. The normalized spacial score (nSPS) is 12.5. The number of para-hydroxylation sites is 1. The number of aromatic hydroxyl groups is 1. The van der Waals surface area contributed by atoms with Crippen LogP contribution in [0.4, 0.5) is 0 Å². The van der Waals surface area contributed by atoms with Crippen molar-refractivity contribution in [1.29, 1.82) is 0 Å². The second-order valence-electron chi connectivity index (χ2n) is 7.86. The Morgan fingerprint density at radius 3 is 2.60 bits per heavy atom. The highest BCUT2D eigenvalue weighted by molar-refractivity contribution is 5.93. The molecule has 1 amide bonds. The van der Waals surface area contributed by atoms with Crippen molar-refractivity contribution in [3.63, 3.8) is 0 Å². The third-order valence-corrected chi connectivity index (χ3v) is 5.63. The van der Waals surface area contributed by atoms with Crippen molar-refractivity contribution in [2.45, 2.75) is 18.5 Å². The maximum atomic E-state index is 13.1. The van der Waals surface area contributed by atoms with Gasteiger partial charge in [-0.1, -0.05) is 29.4 Å². The van der Waals surface area contributed by atoms with Gasteiger partial charge in [0.15, 0.2) is 23.0 Å². The molecule has 0 aliphatic heterocycles. The van der Waals surface area contributed by atoms with Gasteiger partial charge in [0.25, 0.3) is 5.91 Å². The largest absolute Gasteiger partial charge is 0.508 e. The van der Waals surface area contributed by atoms with Crippen LogP contribution in [0.15, 0.2) is 77.6 Å². The number of hydrogen-bond acceptors (Lipinski definition) is 8. The lowest BCUT2D eigenvalue weighted by atomic mass is 9.95. The minimum atomic E-state index is -0.583. The van der Waals surface area contributed by atoms with E-state index in [9.17, 15) is 9.90 Å². The lowest BCUT2D eigenvalue weighted by Crippen LogP contribution is -2.31. The molecule has 2 unspecified atom stereocenters. The Balaban J connectivity index is 1.57. The maximum absolute atomic E-state index is 13.1. The number of carbonyl (C=O) groups is 1. The molecule has 2 atom stereocenters. The van der Waals surface area contributed by atoms with Gasteiger partial charge in [0.1, 0.15) is 5.75 Å². The molecule has 0 radical (unpaired) electrons. The van der Waals surface area contributed by atoms with E-state index in [-0.39, 0.29) is 11.4 Å². The number of nitrogens with two attached hydrogens (primary N) is 1. The van der Waals surface area contributed by atoms with Gasteiger partial charge in [-0.25, -0.2) is 0 Å². The number of nitrogens with zero attached hydrogens (tertiary/aromatic N) is 2. The van der Waals surface area contributed by atoms with Gasteiger partial charge in [-0.05, 0) is 42.3 Å². The number of rotatable bonds is 9. The molecule has 2 heterocycles. The van der Waals surface area contributed by atoms with Crippen LogP contribution >= 0.6 is 0 Å². The summed E-state index contributed by atoms with van der Waals surface area (Å²) in [6.07, 6.45) is 3.68. The number of carbonyl (C=O) groups excluding carboxylic acids is 1. The first-order chi connectivity index (χ1) is 17.0. The van der Waals surface area contributed by atoms with E-state index in [4.69, 9.17) is 19.7 Å². The summed E-state index contributed by atoms with van der Waals surface area (Å²) in [6, 6.07) is 16.3. The summed E-state index contributed by atoms with van der Waals surface area (Å²) in [5, 5.41) is 17.3. The first-order valence-corrected chi connectivity index (χ1v) is 10.9. The number of nitrogens with one attached hydrogen (secondary N) is 1. The highest BCUT2D eigenvalue weighted by Gasteiger charge is 2.24. The van der Waals surface area contributed by atoms with Gasteiger partial charge in [0.2, 0.25) is 0 Å². The van der Waals surface area contributed by atoms with Gasteiger partial charge >= 0.3 is 0 Å². The summed E-state index contributed by atoms with van der Waals surface area (Å²) in [5.41, 5.74) is 8.52. The molecule has 180 valence electrons. The molecule has 0 bridgehead atoms. The van der Waals surface area contributed by atoms with Gasteiger partial charge in [0, 0.05) is 35.6 Å². The molecule has 0 saturated heterocycles. The van der Waals surface area contributed by atoms with E-state index in [1.54, 1.807) is 74.1 Å². The molecular formula is C26H26N4O5. The molecule has 2 aromatic carbocycles. The number of ether oxygens (including phenoxy) is 2. The number of phenols is 1. The number of benzene rings is 2. The first-order valence-electron chi connectivity index (χ1n) is 10.9. The summed E-state index contributed by atoms with van der Waals surface area (Å²) in [4.78, 5) is 17.2. The monoisotopic (exact) mass is 474 g/mol. The van der Waals surface area contributed by atoms with Gasteiger partial charge < -0.3 is 30.2 Å². The SMILES string of the molecule is COc1ccc(-c2cc(C(=O)NC(CC(N)c3cccnc3)c3ccccc3O)no2)cc1OC. The topological polar surface area (TPSA) is 133 Å². The zero-order valence-corrected chi connectivity index (χ0v) is 19.3. The number of hydrogen-bond donors (Lipinski definition) is 3. The highest BCUT2D eigenvalue weighted by atomic mass is 16.5. The Bertz CT molecular complexity index is 1290. The smallest absolute Gasteiger partial charge is 0.273 e. The van der Waals surface area contributed by atoms with Gasteiger partial charge in [-0.2, -0.15) is 0 Å². The summed E-state index contributed by atoms with van der Waals surface area (Å²) >= 11 is 0. The van der Waals surface area contributed by atoms with Crippen LogP contribution < -0.4 is 20.5 Å². The lowest BCUT2D eigenvalue weighted by Gasteiger charge is -2.23. The van der Waals surface area contributed by atoms with Crippen molar-refractivity contribution < 1.29 is 23.9 Å². The van der Waals surface area contributed by atoms with Crippen LogP contribution in [0.1, 0.15) is 40.1 Å². The van der Waals surface area contributed by atoms with E-state index < -0.39 is 18.0 Å². The minimum Gasteiger partial charge on any atom is -0.508 e. The van der Waals surface area contributed by atoms with Crippen molar-refractivity contribution in [2.24, 2.45) is 5.73 Å². The van der Waals surface area contributed by atoms with Crippen LogP contribution in [0.5, 0.6) is 17.2 Å². The number of amides is 1. The fraction of sp³-hybridized carbons (Fsp3) is 0.192. The fourth-order valence-corrected chi connectivity index (χ4v) is 3.77. The fourth-order valence-electron chi connectivity index (χ4n) is 3.77. The van der Waals surface area contributed by atoms with E-state index in [0.29, 0.717) is 34.8 Å². The molecule has 4 N–H and O–H groups in total. The van der Waals surface area contributed by atoms with Crippen LogP contribution in [0.3, 0.4) is 0 Å². The molecule has 2 aromatic heterocycles. The molecule has 35 heavy (non-hydrogen) atoms. The molecule has 4 aromatic rings. The third kappa shape index (κ3) is 5.42. The minimum absolute atomic E-state index is 0.0577. The Kier molecular flexibility index (Phi) is 7.27.